The van der Waals surface area contributed by atoms with Gasteiger partial charge in [-0.3, -0.25) is 4.79 Å². The van der Waals surface area contributed by atoms with Crippen LogP contribution in [0.5, 0.6) is 5.75 Å². The summed E-state index contributed by atoms with van der Waals surface area (Å²) in [5.74, 6) is -0.428. The molecule has 0 fully saturated rings. The number of carbonyl (C=O) groups excluding carboxylic acids is 1. The molecule has 0 aromatic heterocycles. The van der Waals surface area contributed by atoms with Crippen molar-refractivity contribution in [1.29, 1.82) is 0 Å². The zero-order chi connectivity index (χ0) is 12.3. The molecule has 0 saturated heterocycles. The molecule has 0 spiro atoms. The number of ketones is 1. The van der Waals surface area contributed by atoms with Crippen molar-refractivity contribution in [3.05, 3.63) is 28.3 Å². The maximum atomic E-state index is 12.7. The van der Waals surface area contributed by atoms with E-state index in [-0.39, 0.29) is 34.3 Å². The molecule has 5 heteroatoms. The van der Waals surface area contributed by atoms with E-state index < -0.39 is 6.43 Å². The van der Waals surface area contributed by atoms with Crippen molar-refractivity contribution in [3.8, 4) is 5.75 Å². The number of hydrogen-bond acceptors (Lipinski definition) is 2. The Morgan fingerprint density at radius 1 is 1.50 bits per heavy atom. The summed E-state index contributed by atoms with van der Waals surface area (Å²) in [5, 5.41) is 0.101. The van der Waals surface area contributed by atoms with E-state index >= 15 is 0 Å². The summed E-state index contributed by atoms with van der Waals surface area (Å²) in [6.45, 7) is 3.15. The van der Waals surface area contributed by atoms with Crippen LogP contribution < -0.4 is 4.74 Å². The first-order valence-electron chi connectivity index (χ1n) is 4.72. The molecule has 2 nitrogen and oxygen atoms in total. The first-order chi connectivity index (χ1) is 7.47. The fourth-order valence-corrected chi connectivity index (χ4v) is 1.57. The second kappa shape index (κ2) is 5.25. The minimum Gasteiger partial charge on any atom is -0.493 e. The van der Waals surface area contributed by atoms with Crippen LogP contribution in [-0.4, -0.2) is 12.4 Å². The van der Waals surface area contributed by atoms with Crippen molar-refractivity contribution in [2.24, 2.45) is 0 Å². The summed E-state index contributed by atoms with van der Waals surface area (Å²) in [6, 6.07) is 2.45. The molecule has 88 valence electrons. The van der Waals surface area contributed by atoms with Crippen LogP contribution in [0.3, 0.4) is 0 Å². The van der Waals surface area contributed by atoms with Gasteiger partial charge in [-0.25, -0.2) is 8.78 Å². The Labute approximate surface area is 97.2 Å². The van der Waals surface area contributed by atoms with Gasteiger partial charge >= 0.3 is 0 Å². The van der Waals surface area contributed by atoms with Gasteiger partial charge in [-0.1, -0.05) is 11.6 Å². The first-order valence-corrected chi connectivity index (χ1v) is 5.10. The van der Waals surface area contributed by atoms with Crippen LogP contribution in [0.4, 0.5) is 8.78 Å². The van der Waals surface area contributed by atoms with Gasteiger partial charge in [0.25, 0.3) is 6.43 Å². The second-order valence-corrected chi connectivity index (χ2v) is 3.60. The van der Waals surface area contributed by atoms with E-state index in [9.17, 15) is 13.6 Å². The van der Waals surface area contributed by atoms with E-state index in [4.69, 9.17) is 16.3 Å². The number of carbonyl (C=O) groups is 1. The number of Topliss-reactive ketones (excluding diaryl/α,β-unsaturated/α-hetero) is 1. The van der Waals surface area contributed by atoms with Gasteiger partial charge < -0.3 is 4.74 Å². The molecule has 1 aromatic carbocycles. The van der Waals surface area contributed by atoms with Crippen LogP contribution in [-0.2, 0) is 0 Å². The number of halogens is 3. The predicted octanol–water partition coefficient (Wildman–Crippen LogP) is 3.88. The third kappa shape index (κ3) is 2.70. The quantitative estimate of drug-likeness (QED) is 0.756. The van der Waals surface area contributed by atoms with Gasteiger partial charge in [0.15, 0.2) is 5.78 Å². The summed E-state index contributed by atoms with van der Waals surface area (Å²) >= 11 is 5.67. The Balaban J connectivity index is 3.41. The maximum Gasteiger partial charge on any atom is 0.267 e. The summed E-state index contributed by atoms with van der Waals surface area (Å²) in [7, 11) is 0. The Hall–Kier alpha value is -1.16. The maximum absolute atomic E-state index is 12.7. The molecule has 1 aromatic rings. The van der Waals surface area contributed by atoms with E-state index in [0.29, 0.717) is 0 Å². The average Bonchev–Trinajstić information content (AvgIpc) is 2.19. The van der Waals surface area contributed by atoms with Crippen LogP contribution in [0, 0.1) is 0 Å². The molecule has 0 aliphatic heterocycles. The van der Waals surface area contributed by atoms with Crippen LogP contribution in [0.25, 0.3) is 0 Å². The monoisotopic (exact) mass is 248 g/mol. The van der Waals surface area contributed by atoms with Crippen LogP contribution in [0.2, 0.25) is 5.02 Å². The Morgan fingerprint density at radius 2 is 2.12 bits per heavy atom. The SMILES string of the molecule is CCOc1c(C(C)=O)cc(Cl)cc1C(F)F. The zero-order valence-electron chi connectivity index (χ0n) is 8.89. The van der Waals surface area contributed by atoms with Gasteiger partial charge in [-0.05, 0) is 26.0 Å². The molecule has 0 heterocycles. The number of hydrogen-bond donors (Lipinski definition) is 0. The molecule has 1 rings (SSSR count). The van der Waals surface area contributed by atoms with Crippen molar-refractivity contribution in [3.63, 3.8) is 0 Å². The fraction of sp³-hybridized carbons (Fsp3) is 0.364. The molecule has 0 aliphatic rings. The molecule has 0 bridgehead atoms. The topological polar surface area (TPSA) is 26.3 Å². The molecule has 0 amide bonds. The van der Waals surface area contributed by atoms with Crippen molar-refractivity contribution < 1.29 is 18.3 Å². The summed E-state index contributed by atoms with van der Waals surface area (Å²) < 4.78 is 30.5. The predicted molar refractivity (Wildman–Crippen MR) is 57.6 cm³/mol. The minimum absolute atomic E-state index is 0.0746. The minimum atomic E-state index is -2.72. The highest BCUT2D eigenvalue weighted by molar-refractivity contribution is 6.31. The number of rotatable bonds is 4. The lowest BCUT2D eigenvalue weighted by Crippen LogP contribution is -2.04. The average molecular weight is 249 g/mol. The third-order valence-corrected chi connectivity index (χ3v) is 2.20. The standard InChI is InChI=1S/C11H11ClF2O2/c1-3-16-10-8(6(2)15)4-7(12)5-9(10)11(13)14/h4-5,11H,3H2,1-2H3. The second-order valence-electron chi connectivity index (χ2n) is 3.16. The molecule has 0 N–H and O–H groups in total. The van der Waals surface area contributed by atoms with Crippen molar-refractivity contribution >= 4 is 17.4 Å². The highest BCUT2D eigenvalue weighted by Gasteiger charge is 2.20. The normalized spacial score (nSPS) is 10.6. The van der Waals surface area contributed by atoms with Crippen LogP contribution in [0.1, 0.15) is 36.2 Å². The molecule has 0 atom stereocenters. The molecular formula is C11H11ClF2O2. The number of alkyl halides is 2. The first kappa shape index (κ1) is 12.9. The Morgan fingerprint density at radius 3 is 2.56 bits per heavy atom. The van der Waals surface area contributed by atoms with Crippen molar-refractivity contribution in [2.75, 3.05) is 6.61 Å². The molecule has 0 saturated carbocycles. The number of ether oxygens (including phenoxy) is 1. The molecule has 0 radical (unpaired) electrons. The smallest absolute Gasteiger partial charge is 0.267 e. The lowest BCUT2D eigenvalue weighted by molar-refractivity contribution is 0.101. The van der Waals surface area contributed by atoms with Gasteiger partial charge in [0, 0.05) is 5.02 Å². The Bertz CT molecular complexity index is 405. The zero-order valence-corrected chi connectivity index (χ0v) is 9.65. The Kier molecular flexibility index (Phi) is 4.24. The molecule has 0 aliphatic carbocycles. The van der Waals surface area contributed by atoms with Crippen molar-refractivity contribution in [1.82, 2.24) is 0 Å². The largest absolute Gasteiger partial charge is 0.493 e. The van der Waals surface area contributed by atoms with E-state index in [0.717, 1.165) is 6.07 Å². The third-order valence-electron chi connectivity index (χ3n) is 1.99. The summed E-state index contributed by atoms with van der Waals surface area (Å²) in [6.07, 6.45) is -2.72. The summed E-state index contributed by atoms with van der Waals surface area (Å²) in [4.78, 5) is 11.3. The molecular weight excluding hydrogens is 238 g/mol. The fourth-order valence-electron chi connectivity index (χ4n) is 1.34. The van der Waals surface area contributed by atoms with E-state index in [2.05, 4.69) is 0 Å². The lowest BCUT2D eigenvalue weighted by Gasteiger charge is -2.13. The van der Waals surface area contributed by atoms with Gasteiger partial charge in [-0.15, -0.1) is 0 Å². The molecule has 0 unspecified atom stereocenters. The lowest BCUT2D eigenvalue weighted by atomic mass is 10.1. The van der Waals surface area contributed by atoms with Gasteiger partial charge in [0.1, 0.15) is 5.75 Å². The van der Waals surface area contributed by atoms with Crippen LogP contribution in [0.15, 0.2) is 12.1 Å². The van der Waals surface area contributed by atoms with E-state index in [1.165, 1.54) is 13.0 Å². The highest BCUT2D eigenvalue weighted by Crippen LogP contribution is 2.35. The number of benzene rings is 1. The van der Waals surface area contributed by atoms with Gasteiger partial charge in [0.05, 0.1) is 17.7 Å². The van der Waals surface area contributed by atoms with Crippen LogP contribution >= 0.6 is 11.6 Å². The summed E-state index contributed by atoms with van der Waals surface area (Å²) in [5.41, 5.74) is -0.260. The van der Waals surface area contributed by atoms with E-state index in [1.807, 2.05) is 0 Å². The highest BCUT2D eigenvalue weighted by atomic mass is 35.5. The van der Waals surface area contributed by atoms with Gasteiger partial charge in [-0.2, -0.15) is 0 Å². The molecule has 16 heavy (non-hydrogen) atoms. The van der Waals surface area contributed by atoms with Gasteiger partial charge in [0.2, 0.25) is 0 Å². The van der Waals surface area contributed by atoms with Crippen molar-refractivity contribution in [2.45, 2.75) is 20.3 Å². The van der Waals surface area contributed by atoms with E-state index in [1.54, 1.807) is 6.92 Å².